The molecule has 4 rings (SSSR count). The monoisotopic (exact) mass is 334 g/mol. The molecule has 1 aromatic rings. The lowest BCUT2D eigenvalue weighted by molar-refractivity contribution is 0.0337. The number of aliphatic imine (C=N–C) groups is 1. The number of halogens is 1. The lowest BCUT2D eigenvalue weighted by atomic mass is 9.61. The van der Waals surface area contributed by atoms with E-state index in [0.717, 1.165) is 21.6 Å². The molecule has 1 N–H and O–H groups in total. The third kappa shape index (κ3) is 1.37. The fourth-order valence-corrected chi connectivity index (χ4v) is 4.48. The lowest BCUT2D eigenvalue weighted by Crippen LogP contribution is -2.54. The summed E-state index contributed by atoms with van der Waals surface area (Å²) in [6, 6.07) is 6.59. The van der Waals surface area contributed by atoms with Crippen LogP contribution < -0.4 is 5.32 Å². The molecule has 2 aliphatic carbocycles. The average molecular weight is 335 g/mol. The molecule has 19 heavy (non-hydrogen) atoms. The molecular weight excluding hydrogens is 320 g/mol. The predicted octanol–water partition coefficient (Wildman–Crippen LogP) is 3.72. The van der Waals surface area contributed by atoms with E-state index in [4.69, 9.17) is 17.2 Å². The van der Waals surface area contributed by atoms with E-state index in [1.165, 1.54) is 30.4 Å². The van der Waals surface area contributed by atoms with Crippen LogP contribution in [-0.2, 0) is 12.1 Å². The third-order valence-electron chi connectivity index (χ3n) is 5.03. The molecule has 1 aliphatic heterocycles. The summed E-state index contributed by atoms with van der Waals surface area (Å²) in [6.07, 6.45) is 4.92. The third-order valence-corrected chi connectivity index (χ3v) is 5.92. The van der Waals surface area contributed by atoms with Gasteiger partial charge >= 0.3 is 0 Å². The average Bonchev–Trinajstić information content (AvgIpc) is 2.76. The van der Waals surface area contributed by atoms with Crippen molar-refractivity contribution in [2.75, 3.05) is 0 Å². The van der Waals surface area contributed by atoms with Crippen molar-refractivity contribution in [3.63, 3.8) is 0 Å². The summed E-state index contributed by atoms with van der Waals surface area (Å²) in [5.41, 5.74) is 3.69. The van der Waals surface area contributed by atoms with E-state index in [-0.39, 0.29) is 11.1 Å². The van der Waals surface area contributed by atoms with E-state index in [2.05, 4.69) is 39.4 Å². The van der Waals surface area contributed by atoms with Gasteiger partial charge in [-0.15, -0.1) is 0 Å². The Bertz CT molecular complexity index is 633. The van der Waals surface area contributed by atoms with Gasteiger partial charge in [0.1, 0.15) is 4.99 Å². The van der Waals surface area contributed by atoms with Gasteiger partial charge in [-0.1, -0.05) is 40.6 Å². The van der Waals surface area contributed by atoms with Crippen molar-refractivity contribution in [3.05, 3.63) is 33.8 Å². The van der Waals surface area contributed by atoms with Crippen LogP contribution in [-0.4, -0.2) is 10.7 Å². The van der Waals surface area contributed by atoms with Gasteiger partial charge in [-0.25, -0.2) is 0 Å². The molecule has 3 aliphatic rings. The Hall–Kier alpha value is -0.740. The van der Waals surface area contributed by atoms with E-state index in [1.807, 2.05) is 6.92 Å². The molecule has 1 unspecified atom stereocenters. The molecule has 0 saturated heterocycles. The van der Waals surface area contributed by atoms with Crippen molar-refractivity contribution in [2.45, 2.75) is 38.3 Å². The van der Waals surface area contributed by atoms with Gasteiger partial charge in [-0.3, -0.25) is 4.99 Å². The Morgan fingerprint density at radius 1 is 1.37 bits per heavy atom. The number of thiocarbonyl (C=S) groups is 1. The molecule has 0 amide bonds. The quantitative estimate of drug-likeness (QED) is 0.731. The van der Waals surface area contributed by atoms with Crippen LogP contribution in [0.4, 0.5) is 0 Å². The number of hydrogen-bond donors (Lipinski definition) is 1. The van der Waals surface area contributed by atoms with Gasteiger partial charge in [0, 0.05) is 15.5 Å². The zero-order valence-corrected chi connectivity index (χ0v) is 13.2. The molecule has 2 nitrogen and oxygen atoms in total. The van der Waals surface area contributed by atoms with Crippen LogP contribution >= 0.6 is 28.1 Å². The van der Waals surface area contributed by atoms with Crippen LogP contribution in [0.5, 0.6) is 0 Å². The molecule has 98 valence electrons. The number of rotatable bonds is 0. The van der Waals surface area contributed by atoms with E-state index in [1.54, 1.807) is 0 Å². The molecule has 1 saturated carbocycles. The van der Waals surface area contributed by atoms with Gasteiger partial charge in [0.25, 0.3) is 0 Å². The summed E-state index contributed by atoms with van der Waals surface area (Å²) >= 11 is 9.03. The van der Waals surface area contributed by atoms with Crippen LogP contribution in [0, 0.1) is 5.41 Å². The fraction of sp³-hybridized carbons (Fsp3) is 0.467. The zero-order chi connectivity index (χ0) is 13.3. The molecular formula is C15H15BrN2S. The SMILES string of the molecule is CC1=NC2(NC1=S)c1cc(Br)ccc1CC21CCC1. The van der Waals surface area contributed by atoms with Gasteiger partial charge < -0.3 is 5.32 Å². The topological polar surface area (TPSA) is 24.4 Å². The maximum absolute atomic E-state index is 5.43. The molecule has 0 aromatic heterocycles. The summed E-state index contributed by atoms with van der Waals surface area (Å²) in [4.78, 5) is 5.82. The Morgan fingerprint density at radius 2 is 2.16 bits per heavy atom. The van der Waals surface area contributed by atoms with Crippen LogP contribution in [0.1, 0.15) is 37.3 Å². The van der Waals surface area contributed by atoms with Gasteiger partial charge in [-0.05, 0) is 43.9 Å². The first-order valence-electron chi connectivity index (χ1n) is 6.74. The number of fused-ring (bicyclic) bond motifs is 3. The highest BCUT2D eigenvalue weighted by atomic mass is 79.9. The Morgan fingerprint density at radius 3 is 2.74 bits per heavy atom. The van der Waals surface area contributed by atoms with Crippen molar-refractivity contribution >= 4 is 38.8 Å². The fourth-order valence-electron chi connectivity index (χ4n) is 3.92. The Kier molecular flexibility index (Phi) is 2.32. The number of nitrogens with zero attached hydrogens (tertiary/aromatic N) is 1. The van der Waals surface area contributed by atoms with Crippen molar-refractivity contribution in [2.24, 2.45) is 10.4 Å². The summed E-state index contributed by atoms with van der Waals surface area (Å²) < 4.78 is 1.12. The second-order valence-corrected chi connectivity index (χ2v) is 7.30. The van der Waals surface area contributed by atoms with Crippen molar-refractivity contribution < 1.29 is 0 Å². The smallest absolute Gasteiger partial charge is 0.162 e. The first-order chi connectivity index (χ1) is 9.06. The highest BCUT2D eigenvalue weighted by Gasteiger charge is 2.62. The van der Waals surface area contributed by atoms with Crippen molar-refractivity contribution in [3.8, 4) is 0 Å². The Balaban J connectivity index is 1.97. The molecule has 1 aromatic carbocycles. The number of benzene rings is 1. The molecule has 1 atom stereocenters. The predicted molar refractivity (Wildman–Crippen MR) is 84.7 cm³/mol. The molecule has 0 bridgehead atoms. The van der Waals surface area contributed by atoms with Crippen LogP contribution in [0.25, 0.3) is 0 Å². The number of hydrogen-bond acceptors (Lipinski definition) is 2. The first kappa shape index (κ1) is 12.0. The Labute approximate surface area is 126 Å². The van der Waals surface area contributed by atoms with E-state index >= 15 is 0 Å². The van der Waals surface area contributed by atoms with Gasteiger partial charge in [0.2, 0.25) is 0 Å². The normalized spacial score (nSPS) is 30.2. The second-order valence-electron chi connectivity index (χ2n) is 5.97. The van der Waals surface area contributed by atoms with Gasteiger partial charge in [0.15, 0.2) is 5.66 Å². The van der Waals surface area contributed by atoms with Gasteiger partial charge in [0.05, 0.1) is 5.71 Å². The molecule has 1 fully saturated rings. The minimum atomic E-state index is -0.286. The maximum atomic E-state index is 5.43. The second kappa shape index (κ2) is 3.67. The minimum absolute atomic E-state index is 0.248. The first-order valence-corrected chi connectivity index (χ1v) is 7.94. The van der Waals surface area contributed by atoms with Crippen LogP contribution in [0.15, 0.2) is 27.7 Å². The minimum Gasteiger partial charge on any atom is -0.347 e. The maximum Gasteiger partial charge on any atom is 0.162 e. The summed E-state index contributed by atoms with van der Waals surface area (Å²) in [7, 11) is 0. The van der Waals surface area contributed by atoms with Crippen molar-refractivity contribution in [1.82, 2.24) is 5.32 Å². The van der Waals surface area contributed by atoms with E-state index < -0.39 is 0 Å². The molecule has 2 spiro atoms. The highest BCUT2D eigenvalue weighted by molar-refractivity contribution is 9.10. The van der Waals surface area contributed by atoms with E-state index in [0.29, 0.717) is 0 Å². The largest absolute Gasteiger partial charge is 0.347 e. The van der Waals surface area contributed by atoms with Crippen molar-refractivity contribution in [1.29, 1.82) is 0 Å². The lowest BCUT2D eigenvalue weighted by Gasteiger charge is -2.48. The highest BCUT2D eigenvalue weighted by Crippen LogP contribution is 2.62. The van der Waals surface area contributed by atoms with Crippen LogP contribution in [0.2, 0.25) is 0 Å². The van der Waals surface area contributed by atoms with Crippen LogP contribution in [0.3, 0.4) is 0 Å². The molecule has 4 heteroatoms. The number of nitrogens with one attached hydrogen (secondary N) is 1. The summed E-state index contributed by atoms with van der Waals surface area (Å²) in [5.74, 6) is 0. The summed E-state index contributed by atoms with van der Waals surface area (Å²) in [5, 5.41) is 3.56. The van der Waals surface area contributed by atoms with Gasteiger partial charge in [-0.2, -0.15) is 0 Å². The summed E-state index contributed by atoms with van der Waals surface area (Å²) in [6.45, 7) is 2.02. The standard InChI is InChI=1S/C15H15BrN2S/c1-9-13(19)18-15(17-9)12-7-11(16)4-3-10(12)8-14(15)5-2-6-14/h3-4,7H,2,5-6,8H2,1H3,(H,18,19). The molecule has 0 radical (unpaired) electrons. The molecule has 1 heterocycles. The zero-order valence-electron chi connectivity index (χ0n) is 10.8. The van der Waals surface area contributed by atoms with E-state index in [9.17, 15) is 0 Å².